The molecule has 0 aliphatic rings. The van der Waals surface area contributed by atoms with Gasteiger partial charge in [0.05, 0.1) is 22.4 Å². The fourth-order valence-electron chi connectivity index (χ4n) is 2.88. The number of esters is 1. The molecule has 0 bridgehead atoms. The molecule has 0 spiro atoms. The van der Waals surface area contributed by atoms with Gasteiger partial charge in [-0.3, -0.25) is 24.5 Å². The predicted molar refractivity (Wildman–Crippen MR) is 108 cm³/mol. The second-order valence-electron chi connectivity index (χ2n) is 6.64. The van der Waals surface area contributed by atoms with Crippen molar-refractivity contribution in [3.63, 3.8) is 0 Å². The molecule has 1 amide bonds. The van der Waals surface area contributed by atoms with E-state index in [-0.39, 0.29) is 23.4 Å². The van der Waals surface area contributed by atoms with E-state index in [9.17, 15) is 24.5 Å². The van der Waals surface area contributed by atoms with Gasteiger partial charge in [0, 0.05) is 11.5 Å². The third-order valence-corrected chi connectivity index (χ3v) is 4.53. The van der Waals surface area contributed by atoms with Crippen LogP contribution in [-0.2, 0) is 20.7 Å². The molecule has 2 aromatic carbocycles. The third kappa shape index (κ3) is 4.49. The van der Waals surface area contributed by atoms with Gasteiger partial charge in [-0.15, -0.1) is 0 Å². The molecule has 3 aromatic rings. The number of amides is 1. The number of ether oxygens (including phenoxy) is 1. The van der Waals surface area contributed by atoms with Gasteiger partial charge in [-0.05, 0) is 37.1 Å². The SMILES string of the molecule is Cc1cc(NC(=O)COC(=O)Cc2n[nH]c(=O)c3ccccc23)c([N+](=O)[O-])cc1C. The summed E-state index contributed by atoms with van der Waals surface area (Å²) < 4.78 is 4.96. The zero-order chi connectivity index (χ0) is 21.8. The highest BCUT2D eigenvalue weighted by molar-refractivity contribution is 5.95. The number of carbonyl (C=O) groups excluding carboxylic acids is 2. The Morgan fingerprint density at radius 1 is 1.17 bits per heavy atom. The lowest BCUT2D eigenvalue weighted by Gasteiger charge is -2.09. The van der Waals surface area contributed by atoms with E-state index in [0.29, 0.717) is 22.0 Å². The quantitative estimate of drug-likeness (QED) is 0.360. The summed E-state index contributed by atoms with van der Waals surface area (Å²) in [5.41, 5.74) is 1.19. The van der Waals surface area contributed by atoms with E-state index in [2.05, 4.69) is 15.5 Å². The number of nitro groups is 1. The van der Waals surface area contributed by atoms with Crippen molar-refractivity contribution in [3.05, 3.63) is 73.7 Å². The lowest BCUT2D eigenvalue weighted by molar-refractivity contribution is -0.384. The average molecular weight is 410 g/mol. The van der Waals surface area contributed by atoms with Crippen molar-refractivity contribution in [3.8, 4) is 0 Å². The standard InChI is InChI=1S/C20H18N4O6/c1-11-7-16(17(24(28)29)8-12(11)2)21-18(25)10-30-19(26)9-15-13-5-3-4-6-14(13)20(27)23-22-15/h3-8H,9-10H2,1-2H3,(H,21,25)(H,23,27). The van der Waals surface area contributed by atoms with Crippen LogP contribution in [0.2, 0.25) is 0 Å². The Labute approximate surface area is 170 Å². The number of rotatable bonds is 6. The summed E-state index contributed by atoms with van der Waals surface area (Å²) >= 11 is 0. The van der Waals surface area contributed by atoms with Crippen LogP contribution in [0.5, 0.6) is 0 Å². The van der Waals surface area contributed by atoms with Crippen LogP contribution >= 0.6 is 0 Å². The number of anilines is 1. The van der Waals surface area contributed by atoms with Crippen molar-refractivity contribution in [1.29, 1.82) is 0 Å². The number of benzene rings is 2. The molecule has 154 valence electrons. The van der Waals surface area contributed by atoms with Crippen molar-refractivity contribution in [2.45, 2.75) is 20.3 Å². The fourth-order valence-corrected chi connectivity index (χ4v) is 2.88. The third-order valence-electron chi connectivity index (χ3n) is 4.53. The summed E-state index contributed by atoms with van der Waals surface area (Å²) in [5, 5.41) is 20.7. The highest BCUT2D eigenvalue weighted by Crippen LogP contribution is 2.27. The molecule has 0 saturated carbocycles. The lowest BCUT2D eigenvalue weighted by Crippen LogP contribution is -2.23. The Hall–Kier alpha value is -4.08. The zero-order valence-electron chi connectivity index (χ0n) is 16.2. The van der Waals surface area contributed by atoms with E-state index in [4.69, 9.17) is 4.74 Å². The average Bonchev–Trinajstić information content (AvgIpc) is 2.71. The van der Waals surface area contributed by atoms with Crippen LogP contribution in [0.4, 0.5) is 11.4 Å². The van der Waals surface area contributed by atoms with E-state index in [0.717, 1.165) is 5.56 Å². The molecule has 0 saturated heterocycles. The minimum atomic E-state index is -0.732. The van der Waals surface area contributed by atoms with Crippen molar-refractivity contribution in [2.24, 2.45) is 0 Å². The number of aromatic amines is 1. The molecule has 1 heterocycles. The minimum Gasteiger partial charge on any atom is -0.455 e. The normalized spacial score (nSPS) is 10.6. The molecule has 3 rings (SSSR count). The number of carbonyl (C=O) groups is 2. The van der Waals surface area contributed by atoms with Gasteiger partial charge in [0.15, 0.2) is 6.61 Å². The first kappa shape index (κ1) is 20.6. The van der Waals surface area contributed by atoms with Crippen LogP contribution in [-0.4, -0.2) is 33.6 Å². The van der Waals surface area contributed by atoms with Gasteiger partial charge in [-0.25, -0.2) is 5.10 Å². The Kier molecular flexibility index (Phi) is 5.86. The Morgan fingerprint density at radius 2 is 1.83 bits per heavy atom. The Balaban J connectivity index is 1.66. The Bertz CT molecular complexity index is 1220. The number of fused-ring (bicyclic) bond motifs is 1. The van der Waals surface area contributed by atoms with E-state index < -0.39 is 23.4 Å². The zero-order valence-corrected chi connectivity index (χ0v) is 16.2. The number of hydrogen-bond donors (Lipinski definition) is 2. The molecule has 0 aliphatic heterocycles. The van der Waals surface area contributed by atoms with Gasteiger partial charge in [0.1, 0.15) is 5.69 Å². The summed E-state index contributed by atoms with van der Waals surface area (Å²) in [4.78, 5) is 46.7. The number of aromatic nitrogens is 2. The van der Waals surface area contributed by atoms with E-state index in [1.54, 1.807) is 38.1 Å². The molecular formula is C20H18N4O6. The van der Waals surface area contributed by atoms with Crippen molar-refractivity contribution in [2.75, 3.05) is 11.9 Å². The van der Waals surface area contributed by atoms with Crippen LogP contribution < -0.4 is 10.9 Å². The van der Waals surface area contributed by atoms with Gasteiger partial charge in [0.2, 0.25) is 0 Å². The number of nitrogens with one attached hydrogen (secondary N) is 2. The van der Waals surface area contributed by atoms with Crippen molar-refractivity contribution in [1.82, 2.24) is 10.2 Å². The maximum absolute atomic E-state index is 12.1. The monoisotopic (exact) mass is 410 g/mol. The summed E-state index contributed by atoms with van der Waals surface area (Å²) in [6.45, 7) is 2.87. The van der Waals surface area contributed by atoms with Crippen molar-refractivity contribution < 1.29 is 19.2 Å². The van der Waals surface area contributed by atoms with Crippen LogP contribution in [0, 0.1) is 24.0 Å². The van der Waals surface area contributed by atoms with E-state index in [1.807, 2.05) is 0 Å². The predicted octanol–water partition coefficient (Wildman–Crippen LogP) is 2.17. The summed E-state index contributed by atoms with van der Waals surface area (Å²) in [7, 11) is 0. The molecule has 10 nitrogen and oxygen atoms in total. The number of H-pyrrole nitrogens is 1. The van der Waals surface area contributed by atoms with E-state index in [1.165, 1.54) is 12.1 Å². The minimum absolute atomic E-state index is 0.0254. The Morgan fingerprint density at radius 3 is 2.53 bits per heavy atom. The van der Waals surface area contributed by atoms with E-state index >= 15 is 0 Å². The molecular weight excluding hydrogens is 392 g/mol. The highest BCUT2D eigenvalue weighted by atomic mass is 16.6. The van der Waals surface area contributed by atoms with Gasteiger partial charge >= 0.3 is 5.97 Å². The molecule has 0 unspecified atom stereocenters. The van der Waals surface area contributed by atoms with Gasteiger partial charge in [-0.1, -0.05) is 18.2 Å². The lowest BCUT2D eigenvalue weighted by atomic mass is 10.1. The molecule has 0 aliphatic carbocycles. The second-order valence-corrected chi connectivity index (χ2v) is 6.64. The van der Waals surface area contributed by atoms with Crippen LogP contribution in [0.15, 0.2) is 41.2 Å². The van der Waals surface area contributed by atoms with Gasteiger partial charge in [-0.2, -0.15) is 5.10 Å². The maximum atomic E-state index is 12.1. The first-order valence-electron chi connectivity index (χ1n) is 8.93. The van der Waals surface area contributed by atoms with Crippen LogP contribution in [0.1, 0.15) is 16.8 Å². The molecule has 0 atom stereocenters. The van der Waals surface area contributed by atoms with Gasteiger partial charge < -0.3 is 10.1 Å². The number of hydrogen-bond acceptors (Lipinski definition) is 7. The number of nitro benzene ring substituents is 1. The first-order valence-corrected chi connectivity index (χ1v) is 8.93. The molecule has 0 radical (unpaired) electrons. The van der Waals surface area contributed by atoms with Crippen LogP contribution in [0.3, 0.4) is 0 Å². The molecule has 10 heteroatoms. The number of aryl methyl sites for hydroxylation is 2. The second kappa shape index (κ2) is 8.52. The summed E-state index contributed by atoms with van der Waals surface area (Å²) in [6.07, 6.45) is -0.256. The fraction of sp³-hybridized carbons (Fsp3) is 0.200. The summed E-state index contributed by atoms with van der Waals surface area (Å²) in [6, 6.07) is 9.52. The topological polar surface area (TPSA) is 144 Å². The maximum Gasteiger partial charge on any atom is 0.312 e. The molecule has 0 fully saturated rings. The van der Waals surface area contributed by atoms with Gasteiger partial charge in [0.25, 0.3) is 17.2 Å². The highest BCUT2D eigenvalue weighted by Gasteiger charge is 2.19. The summed E-state index contributed by atoms with van der Waals surface area (Å²) in [5.74, 6) is -1.45. The number of nitrogens with zero attached hydrogens (tertiary/aromatic N) is 2. The molecule has 30 heavy (non-hydrogen) atoms. The largest absolute Gasteiger partial charge is 0.455 e. The smallest absolute Gasteiger partial charge is 0.312 e. The van der Waals surface area contributed by atoms with Crippen molar-refractivity contribution >= 4 is 34.0 Å². The first-order chi connectivity index (χ1) is 14.3. The molecule has 2 N–H and O–H groups in total. The molecule has 1 aromatic heterocycles. The van der Waals surface area contributed by atoms with Crippen LogP contribution in [0.25, 0.3) is 10.8 Å².